The number of carbonyl (C=O) groups is 1. The number of cyclic esters (lactones) is 1. The molecule has 0 radical (unpaired) electrons. The zero-order valence-corrected chi connectivity index (χ0v) is 8.82. The topological polar surface area (TPSA) is 103 Å². The quantitative estimate of drug-likeness (QED) is 0.232. The minimum Gasteiger partial charge on any atom is -0.454 e. The Balaban J connectivity index is 2.01. The minimum absolute atomic E-state index is 0.0452. The Labute approximate surface area is 91.0 Å². The first-order valence-corrected chi connectivity index (χ1v) is 4.76. The SMILES string of the molecule is CC1(C)O[C@@H]2[C@@H](CON=[N+]=[N-])OC(=O)[C@@H]2O1. The maximum atomic E-state index is 11.4. The van der Waals surface area contributed by atoms with E-state index in [0.29, 0.717) is 0 Å². The first kappa shape index (κ1) is 11.0. The molecule has 0 aromatic rings. The van der Waals surface area contributed by atoms with Crippen molar-refractivity contribution in [3.8, 4) is 0 Å². The van der Waals surface area contributed by atoms with Gasteiger partial charge in [-0.25, -0.2) is 4.79 Å². The highest BCUT2D eigenvalue weighted by atomic mass is 16.8. The number of ether oxygens (including phenoxy) is 3. The highest BCUT2D eigenvalue weighted by molar-refractivity contribution is 5.78. The standard InChI is InChI=1S/C8H11N3O5/c1-8(2)15-5-4(3-13-11-10-9)14-7(12)6(5)16-8/h4-6H,3H2,1-2H3/t4-,5-,6-/m1/s1. The number of esters is 1. The van der Waals surface area contributed by atoms with E-state index in [1.54, 1.807) is 13.8 Å². The van der Waals surface area contributed by atoms with Gasteiger partial charge >= 0.3 is 5.97 Å². The van der Waals surface area contributed by atoms with Crippen LogP contribution < -0.4 is 0 Å². The third kappa shape index (κ3) is 1.90. The summed E-state index contributed by atoms with van der Waals surface area (Å²) in [5, 5.41) is 2.90. The predicted molar refractivity (Wildman–Crippen MR) is 48.8 cm³/mol. The first-order chi connectivity index (χ1) is 7.53. The molecule has 0 aromatic carbocycles. The van der Waals surface area contributed by atoms with Crippen molar-refractivity contribution < 1.29 is 23.8 Å². The number of hydrogen-bond acceptors (Lipinski definition) is 6. The summed E-state index contributed by atoms with van der Waals surface area (Å²) in [6.45, 7) is 3.38. The monoisotopic (exact) mass is 229 g/mol. The van der Waals surface area contributed by atoms with E-state index in [-0.39, 0.29) is 6.61 Å². The fourth-order valence-electron chi connectivity index (χ4n) is 1.79. The second kappa shape index (κ2) is 3.82. The zero-order valence-electron chi connectivity index (χ0n) is 8.82. The van der Waals surface area contributed by atoms with Crippen LogP contribution in [0.4, 0.5) is 0 Å². The second-order valence-electron chi connectivity index (χ2n) is 3.96. The summed E-state index contributed by atoms with van der Waals surface area (Å²) in [6, 6.07) is 0. The maximum Gasteiger partial charge on any atom is 0.338 e. The summed E-state index contributed by atoms with van der Waals surface area (Å²) in [4.78, 5) is 18.4. The maximum absolute atomic E-state index is 11.4. The summed E-state index contributed by atoms with van der Waals surface area (Å²) in [6.07, 6.45) is -1.85. The van der Waals surface area contributed by atoms with Crippen LogP contribution in [-0.4, -0.2) is 36.7 Å². The zero-order chi connectivity index (χ0) is 11.8. The number of nitrogens with zero attached hydrogens (tertiary/aromatic N) is 3. The lowest BCUT2D eigenvalue weighted by Gasteiger charge is -2.20. The molecule has 0 N–H and O–H groups in total. The lowest BCUT2D eigenvalue weighted by Crippen LogP contribution is -2.32. The van der Waals surface area contributed by atoms with E-state index in [1.807, 2.05) is 0 Å². The Morgan fingerprint density at radius 2 is 2.31 bits per heavy atom. The average molecular weight is 229 g/mol. The molecule has 2 saturated heterocycles. The number of carbonyl (C=O) groups excluding carboxylic acids is 1. The van der Waals surface area contributed by atoms with Crippen molar-refractivity contribution in [1.82, 2.24) is 0 Å². The predicted octanol–water partition coefficient (Wildman–Crippen LogP) is 0.674. The molecule has 2 rings (SSSR count). The van der Waals surface area contributed by atoms with Gasteiger partial charge < -0.3 is 19.0 Å². The van der Waals surface area contributed by atoms with Gasteiger partial charge in [-0.3, -0.25) is 0 Å². The number of rotatable bonds is 3. The highest BCUT2D eigenvalue weighted by Gasteiger charge is 2.56. The van der Waals surface area contributed by atoms with Crippen LogP contribution >= 0.6 is 0 Å². The van der Waals surface area contributed by atoms with Crippen molar-refractivity contribution in [2.75, 3.05) is 6.61 Å². The molecule has 2 fully saturated rings. The molecule has 88 valence electrons. The Morgan fingerprint density at radius 3 is 3.00 bits per heavy atom. The van der Waals surface area contributed by atoms with Gasteiger partial charge in [0.05, 0.1) is 0 Å². The smallest absolute Gasteiger partial charge is 0.338 e. The van der Waals surface area contributed by atoms with E-state index in [0.717, 1.165) is 0 Å². The van der Waals surface area contributed by atoms with Crippen molar-refractivity contribution >= 4 is 5.97 Å². The van der Waals surface area contributed by atoms with E-state index in [4.69, 9.17) is 19.7 Å². The molecule has 0 unspecified atom stereocenters. The van der Waals surface area contributed by atoms with Crippen LogP contribution in [0, 0.1) is 0 Å². The van der Waals surface area contributed by atoms with E-state index in [1.165, 1.54) is 0 Å². The lowest BCUT2D eigenvalue weighted by atomic mass is 10.1. The molecule has 0 aromatic heterocycles. The van der Waals surface area contributed by atoms with Crippen LogP contribution in [0.5, 0.6) is 0 Å². The van der Waals surface area contributed by atoms with Gasteiger partial charge in [0.1, 0.15) is 18.0 Å². The molecular formula is C8H11N3O5. The largest absolute Gasteiger partial charge is 0.454 e. The normalized spacial score (nSPS) is 35.1. The van der Waals surface area contributed by atoms with Crippen LogP contribution in [0.15, 0.2) is 5.28 Å². The van der Waals surface area contributed by atoms with Gasteiger partial charge in [-0.1, -0.05) is 0 Å². The lowest BCUT2D eigenvalue weighted by molar-refractivity contribution is -0.190. The molecule has 0 bridgehead atoms. The summed E-state index contributed by atoms with van der Waals surface area (Å²) < 4.78 is 15.8. The minimum atomic E-state index is -0.814. The van der Waals surface area contributed by atoms with Gasteiger partial charge in [0, 0.05) is 4.91 Å². The van der Waals surface area contributed by atoms with Crippen molar-refractivity contribution in [1.29, 1.82) is 0 Å². The van der Waals surface area contributed by atoms with Gasteiger partial charge in [-0.05, 0) is 19.4 Å². The summed E-state index contributed by atoms with van der Waals surface area (Å²) in [5.74, 6) is -1.30. The fourth-order valence-corrected chi connectivity index (χ4v) is 1.79. The van der Waals surface area contributed by atoms with Crippen LogP contribution in [-0.2, 0) is 23.8 Å². The Kier molecular flexibility index (Phi) is 2.63. The summed E-state index contributed by atoms with van der Waals surface area (Å²) >= 11 is 0. The molecule has 3 atom stereocenters. The average Bonchev–Trinajstić information content (AvgIpc) is 2.64. The van der Waals surface area contributed by atoms with Crippen LogP contribution in [0.1, 0.15) is 13.8 Å². The number of hydrogen-bond donors (Lipinski definition) is 0. The summed E-state index contributed by atoms with van der Waals surface area (Å²) in [5.41, 5.74) is 8.03. The fraction of sp³-hybridized carbons (Fsp3) is 0.875. The molecular weight excluding hydrogens is 218 g/mol. The van der Waals surface area contributed by atoms with Crippen LogP contribution in [0.2, 0.25) is 0 Å². The molecule has 2 heterocycles. The third-order valence-corrected chi connectivity index (χ3v) is 2.33. The Morgan fingerprint density at radius 1 is 1.56 bits per heavy atom. The molecule has 0 saturated carbocycles. The summed E-state index contributed by atoms with van der Waals surface area (Å²) in [7, 11) is 0. The van der Waals surface area contributed by atoms with Gasteiger partial charge in [-0.2, -0.15) is 0 Å². The van der Waals surface area contributed by atoms with Gasteiger partial charge in [0.15, 0.2) is 18.0 Å². The van der Waals surface area contributed by atoms with Crippen molar-refractivity contribution in [2.45, 2.75) is 37.9 Å². The Bertz CT molecular complexity index is 352. The van der Waals surface area contributed by atoms with Crippen LogP contribution in [0.25, 0.3) is 10.4 Å². The van der Waals surface area contributed by atoms with Crippen molar-refractivity contribution in [3.63, 3.8) is 0 Å². The van der Waals surface area contributed by atoms with Crippen LogP contribution in [0.3, 0.4) is 0 Å². The molecule has 8 heteroatoms. The molecule has 0 aliphatic carbocycles. The second-order valence-corrected chi connectivity index (χ2v) is 3.96. The van der Waals surface area contributed by atoms with E-state index < -0.39 is 30.1 Å². The first-order valence-electron chi connectivity index (χ1n) is 4.76. The van der Waals surface area contributed by atoms with E-state index >= 15 is 0 Å². The van der Waals surface area contributed by atoms with Gasteiger partial charge in [0.25, 0.3) is 0 Å². The van der Waals surface area contributed by atoms with E-state index in [2.05, 4.69) is 15.0 Å². The molecule has 0 spiro atoms. The molecule has 16 heavy (non-hydrogen) atoms. The Hall–Kier alpha value is -1.50. The highest BCUT2D eigenvalue weighted by Crippen LogP contribution is 2.35. The molecule has 8 nitrogen and oxygen atoms in total. The van der Waals surface area contributed by atoms with Gasteiger partial charge in [0.2, 0.25) is 0 Å². The molecule has 0 amide bonds. The van der Waals surface area contributed by atoms with Crippen molar-refractivity contribution in [3.05, 3.63) is 10.4 Å². The third-order valence-electron chi connectivity index (χ3n) is 2.33. The van der Waals surface area contributed by atoms with Gasteiger partial charge in [-0.15, -0.1) is 0 Å². The molecule has 2 aliphatic heterocycles. The molecule has 2 aliphatic rings. The van der Waals surface area contributed by atoms with Crippen molar-refractivity contribution in [2.24, 2.45) is 5.28 Å². The number of fused-ring (bicyclic) bond motifs is 1. The number of azide groups is 1. The van der Waals surface area contributed by atoms with E-state index in [9.17, 15) is 4.79 Å².